The van der Waals surface area contributed by atoms with Crippen molar-refractivity contribution in [2.75, 3.05) is 6.79 Å². The van der Waals surface area contributed by atoms with Crippen molar-refractivity contribution in [2.45, 2.75) is 33.0 Å². The van der Waals surface area contributed by atoms with Crippen molar-refractivity contribution in [3.8, 4) is 5.75 Å². The number of carbonyl (C=O) groups excluding carboxylic acids is 1. The summed E-state index contributed by atoms with van der Waals surface area (Å²) in [6.45, 7) is 4.95. The predicted octanol–water partition coefficient (Wildman–Crippen LogP) is 4.69. The highest BCUT2D eigenvalue weighted by atomic mass is 35.5. The van der Waals surface area contributed by atoms with Crippen LogP contribution in [0.25, 0.3) is 0 Å². The molecule has 1 aliphatic heterocycles. The largest absolute Gasteiger partial charge is 0.467 e. The quantitative estimate of drug-likeness (QED) is 0.753. The fourth-order valence-corrected chi connectivity index (χ4v) is 2.86. The van der Waals surface area contributed by atoms with E-state index in [2.05, 4.69) is 13.8 Å². The van der Waals surface area contributed by atoms with Crippen LogP contribution < -0.4 is 4.74 Å². The molecule has 2 aromatic carbocycles. The predicted molar refractivity (Wildman–Crippen MR) is 91.4 cm³/mol. The molecular weight excluding hydrogens is 328 g/mol. The zero-order chi connectivity index (χ0) is 17.1. The van der Waals surface area contributed by atoms with Gasteiger partial charge in [0.1, 0.15) is 12.4 Å². The monoisotopic (exact) mass is 346 g/mol. The first-order chi connectivity index (χ1) is 11.5. The topological polar surface area (TPSA) is 44.8 Å². The van der Waals surface area contributed by atoms with Crippen LogP contribution in [0.15, 0.2) is 36.4 Å². The Balaban J connectivity index is 1.71. The molecule has 0 N–H and O–H groups in total. The maximum atomic E-state index is 12.2. The second-order valence-electron chi connectivity index (χ2n) is 6.02. The summed E-state index contributed by atoms with van der Waals surface area (Å²) in [6, 6.07) is 11.0. The number of esters is 1. The van der Waals surface area contributed by atoms with Gasteiger partial charge in [-0.3, -0.25) is 0 Å². The molecule has 0 saturated heterocycles. The summed E-state index contributed by atoms with van der Waals surface area (Å²) < 4.78 is 16.2. The molecule has 1 heterocycles. The van der Waals surface area contributed by atoms with Crippen LogP contribution in [-0.2, 0) is 22.7 Å². The molecule has 0 atom stereocenters. The van der Waals surface area contributed by atoms with Gasteiger partial charge in [0, 0.05) is 16.1 Å². The average Bonchev–Trinajstić information content (AvgIpc) is 2.59. The van der Waals surface area contributed by atoms with Crippen LogP contribution in [0.2, 0.25) is 5.02 Å². The summed E-state index contributed by atoms with van der Waals surface area (Å²) in [5.41, 5.74) is 3.32. The Labute approximate surface area is 146 Å². The van der Waals surface area contributed by atoms with Gasteiger partial charge in [-0.25, -0.2) is 4.79 Å². The molecule has 126 valence electrons. The number of hydrogen-bond donors (Lipinski definition) is 0. The summed E-state index contributed by atoms with van der Waals surface area (Å²) in [5, 5.41) is 0.565. The minimum Gasteiger partial charge on any atom is -0.467 e. The zero-order valence-electron chi connectivity index (χ0n) is 13.7. The van der Waals surface area contributed by atoms with E-state index in [-0.39, 0.29) is 19.4 Å². The molecule has 2 aromatic rings. The third kappa shape index (κ3) is 3.71. The van der Waals surface area contributed by atoms with Gasteiger partial charge in [-0.2, -0.15) is 0 Å². The number of rotatable bonds is 4. The second-order valence-corrected chi connectivity index (χ2v) is 6.45. The number of halogens is 1. The van der Waals surface area contributed by atoms with Crippen LogP contribution in [-0.4, -0.2) is 12.8 Å². The summed E-state index contributed by atoms with van der Waals surface area (Å²) >= 11 is 6.11. The molecule has 0 unspecified atom stereocenters. The lowest BCUT2D eigenvalue weighted by Gasteiger charge is -2.21. The Morgan fingerprint density at radius 1 is 1.25 bits per heavy atom. The first-order valence-corrected chi connectivity index (χ1v) is 8.21. The van der Waals surface area contributed by atoms with E-state index in [1.54, 1.807) is 24.3 Å². The molecule has 0 saturated carbocycles. The zero-order valence-corrected chi connectivity index (χ0v) is 14.4. The molecule has 0 spiro atoms. The van der Waals surface area contributed by atoms with Crippen molar-refractivity contribution in [1.29, 1.82) is 0 Å². The molecule has 0 fully saturated rings. The van der Waals surface area contributed by atoms with E-state index >= 15 is 0 Å². The SMILES string of the molecule is CC(C)c1ccc(C(=O)OCc2cc(Cl)cc3c2OCOC3)cc1. The van der Waals surface area contributed by atoms with Gasteiger partial charge in [0.05, 0.1) is 12.2 Å². The maximum absolute atomic E-state index is 12.2. The van der Waals surface area contributed by atoms with Crippen LogP contribution in [0.5, 0.6) is 5.75 Å². The van der Waals surface area contributed by atoms with Crippen molar-refractivity contribution in [3.63, 3.8) is 0 Å². The third-order valence-corrected chi connectivity index (χ3v) is 4.14. The van der Waals surface area contributed by atoms with Gasteiger partial charge in [0.2, 0.25) is 0 Å². The first-order valence-electron chi connectivity index (χ1n) is 7.83. The molecule has 5 heteroatoms. The highest BCUT2D eigenvalue weighted by Crippen LogP contribution is 2.32. The molecule has 0 bridgehead atoms. The summed E-state index contributed by atoms with van der Waals surface area (Å²) in [6.07, 6.45) is 0. The van der Waals surface area contributed by atoms with E-state index in [0.717, 1.165) is 11.1 Å². The van der Waals surface area contributed by atoms with E-state index in [0.29, 0.717) is 28.9 Å². The number of fused-ring (bicyclic) bond motifs is 1. The van der Waals surface area contributed by atoms with E-state index in [4.69, 9.17) is 25.8 Å². The Morgan fingerprint density at radius 2 is 2.00 bits per heavy atom. The molecule has 0 radical (unpaired) electrons. The maximum Gasteiger partial charge on any atom is 0.338 e. The van der Waals surface area contributed by atoms with Crippen LogP contribution in [0.3, 0.4) is 0 Å². The molecule has 3 rings (SSSR count). The summed E-state index contributed by atoms with van der Waals surface area (Å²) in [5.74, 6) is 0.743. The minimum atomic E-state index is -0.369. The number of ether oxygens (including phenoxy) is 3. The lowest BCUT2D eigenvalue weighted by atomic mass is 10.0. The van der Waals surface area contributed by atoms with E-state index in [1.165, 1.54) is 5.56 Å². The van der Waals surface area contributed by atoms with Crippen molar-refractivity contribution in [1.82, 2.24) is 0 Å². The summed E-state index contributed by atoms with van der Waals surface area (Å²) in [4.78, 5) is 12.2. The fraction of sp³-hybridized carbons (Fsp3) is 0.316. The van der Waals surface area contributed by atoms with Crippen LogP contribution in [0, 0.1) is 0 Å². The van der Waals surface area contributed by atoms with Crippen LogP contribution in [0.4, 0.5) is 0 Å². The summed E-state index contributed by atoms with van der Waals surface area (Å²) in [7, 11) is 0. The molecule has 0 aromatic heterocycles. The van der Waals surface area contributed by atoms with Crippen LogP contribution in [0.1, 0.15) is 46.8 Å². The lowest BCUT2D eigenvalue weighted by molar-refractivity contribution is -0.0180. The van der Waals surface area contributed by atoms with Crippen molar-refractivity contribution in [3.05, 3.63) is 63.7 Å². The minimum absolute atomic E-state index is 0.105. The third-order valence-electron chi connectivity index (χ3n) is 3.92. The Kier molecular flexibility index (Phi) is 5.07. The van der Waals surface area contributed by atoms with Gasteiger partial charge in [0.25, 0.3) is 0 Å². The molecule has 1 aliphatic rings. The van der Waals surface area contributed by atoms with Gasteiger partial charge < -0.3 is 14.2 Å². The first kappa shape index (κ1) is 16.8. The van der Waals surface area contributed by atoms with Crippen molar-refractivity contribution >= 4 is 17.6 Å². The standard InChI is InChI=1S/C19H19ClO4/c1-12(2)13-3-5-14(6-4-13)19(21)23-10-16-8-17(20)7-15-9-22-11-24-18(15)16/h3-8,12H,9-11H2,1-2H3. The second kappa shape index (κ2) is 7.24. The smallest absolute Gasteiger partial charge is 0.338 e. The Hall–Kier alpha value is -2.04. The van der Waals surface area contributed by atoms with Gasteiger partial charge in [-0.05, 0) is 35.7 Å². The number of hydrogen-bond acceptors (Lipinski definition) is 4. The highest BCUT2D eigenvalue weighted by molar-refractivity contribution is 6.30. The number of carbonyl (C=O) groups is 1. The van der Waals surface area contributed by atoms with Gasteiger partial charge in [-0.1, -0.05) is 37.6 Å². The van der Waals surface area contributed by atoms with Crippen molar-refractivity contribution < 1.29 is 19.0 Å². The molecule has 24 heavy (non-hydrogen) atoms. The molecular formula is C19H19ClO4. The molecule has 4 nitrogen and oxygen atoms in total. The average molecular weight is 347 g/mol. The fourth-order valence-electron chi connectivity index (χ4n) is 2.59. The Bertz CT molecular complexity index is 738. The highest BCUT2D eigenvalue weighted by Gasteiger charge is 2.18. The van der Waals surface area contributed by atoms with E-state index in [9.17, 15) is 4.79 Å². The van der Waals surface area contributed by atoms with Crippen molar-refractivity contribution in [2.24, 2.45) is 0 Å². The van der Waals surface area contributed by atoms with E-state index < -0.39 is 0 Å². The number of benzene rings is 2. The van der Waals surface area contributed by atoms with E-state index in [1.807, 2.05) is 12.1 Å². The van der Waals surface area contributed by atoms with Crippen LogP contribution >= 0.6 is 11.6 Å². The normalized spacial score (nSPS) is 13.3. The van der Waals surface area contributed by atoms with Gasteiger partial charge in [-0.15, -0.1) is 0 Å². The Morgan fingerprint density at radius 3 is 2.71 bits per heavy atom. The lowest BCUT2D eigenvalue weighted by Crippen LogP contribution is -2.14. The van der Waals surface area contributed by atoms with Gasteiger partial charge >= 0.3 is 5.97 Å². The molecule has 0 amide bonds. The molecule has 0 aliphatic carbocycles. The van der Waals surface area contributed by atoms with Gasteiger partial charge in [0.15, 0.2) is 6.79 Å².